The van der Waals surface area contributed by atoms with E-state index >= 15 is 0 Å². The number of rotatable bonds is 8. The van der Waals surface area contributed by atoms with Crippen LogP contribution < -0.4 is 16.7 Å². The van der Waals surface area contributed by atoms with Gasteiger partial charge in [0.25, 0.3) is 0 Å². The molecule has 0 aliphatic carbocycles. The van der Waals surface area contributed by atoms with Crippen molar-refractivity contribution in [2.24, 2.45) is 10.7 Å². The summed E-state index contributed by atoms with van der Waals surface area (Å²) in [5.41, 5.74) is 10.8. The fraction of sp³-hybridized carbons (Fsp3) is 0.0200. The molecule has 0 atom stereocenters. The molecule has 0 saturated carbocycles. The van der Waals surface area contributed by atoms with E-state index in [1.54, 1.807) is 6.08 Å². The Morgan fingerprint density at radius 3 is 1.66 bits per heavy atom. The molecule has 12 heteroatoms. The minimum atomic E-state index is -1.16. The molecule has 1 heterocycles. The zero-order chi connectivity index (χ0) is 43.4. The second-order valence-corrected chi connectivity index (χ2v) is 14.8. The number of hydrogen-bond acceptors (Lipinski definition) is 8. The average Bonchev–Trinajstić information content (AvgIpc) is 3.64. The van der Waals surface area contributed by atoms with Gasteiger partial charge < -0.3 is 46.0 Å². The van der Waals surface area contributed by atoms with Crippen LogP contribution in [0.1, 0.15) is 16.7 Å². The normalized spacial score (nSPS) is 12.1. The van der Waals surface area contributed by atoms with Gasteiger partial charge in [-0.25, -0.2) is 4.99 Å². The van der Waals surface area contributed by atoms with Crippen molar-refractivity contribution in [2.75, 3.05) is 0 Å². The van der Waals surface area contributed by atoms with E-state index in [2.05, 4.69) is 65.2 Å². The Balaban J connectivity index is 1.15. The number of amidine groups is 1. The topological polar surface area (TPSA) is 185 Å². The summed E-state index contributed by atoms with van der Waals surface area (Å²) in [6, 6.07) is 46.1. The fourth-order valence-corrected chi connectivity index (χ4v) is 8.18. The fourth-order valence-electron chi connectivity index (χ4n) is 8.18. The molecule has 9 rings (SSSR count). The summed E-state index contributed by atoms with van der Waals surface area (Å²) >= 11 is 0. The van der Waals surface area contributed by atoms with Crippen LogP contribution in [-0.2, 0) is 6.42 Å². The summed E-state index contributed by atoms with van der Waals surface area (Å²) in [4.78, 5) is 4.86. The Bertz CT molecular complexity index is 3210. The van der Waals surface area contributed by atoms with Crippen LogP contribution in [0.2, 0.25) is 0 Å². The van der Waals surface area contributed by atoms with Gasteiger partial charge in [0.15, 0.2) is 23.0 Å². The van der Waals surface area contributed by atoms with Gasteiger partial charge in [-0.1, -0.05) is 121 Å². The lowest BCUT2D eigenvalue weighted by atomic mass is 9.77. The molecule has 9 N–H and O–H groups in total. The highest BCUT2D eigenvalue weighted by atomic mass is 16.3. The molecular weight excluding hydrogens is 776 g/mol. The SMILES string of the molecule is [B]c1c(O)c(O)c(O)c(O)c1-c1c([B])c(O)c(C/C=C(\N=C(N)c2ccccc2)c2ccc(-c3ccc(-n4c5ccccc5c5ccccc54)cc3)c3ccccc23)c(O)c1O. The molecule has 10 nitrogen and oxygen atoms in total. The van der Waals surface area contributed by atoms with E-state index < -0.39 is 62.3 Å². The number of benzene rings is 8. The number of aromatic nitrogens is 1. The van der Waals surface area contributed by atoms with E-state index in [0.717, 1.165) is 38.6 Å². The lowest BCUT2D eigenvalue weighted by Gasteiger charge is -2.20. The summed E-state index contributed by atoms with van der Waals surface area (Å²) < 4.78 is 2.26. The van der Waals surface area contributed by atoms with Crippen molar-refractivity contribution in [3.8, 4) is 68.2 Å². The van der Waals surface area contributed by atoms with Crippen molar-refractivity contribution >= 4 is 70.7 Å². The zero-order valence-corrected chi connectivity index (χ0v) is 32.8. The first kappa shape index (κ1) is 39.2. The summed E-state index contributed by atoms with van der Waals surface area (Å²) in [6.07, 6.45) is 1.37. The van der Waals surface area contributed by atoms with Crippen LogP contribution in [0, 0.1) is 0 Å². The van der Waals surface area contributed by atoms with Crippen LogP contribution in [0.4, 0.5) is 0 Å². The molecule has 8 aromatic carbocycles. The van der Waals surface area contributed by atoms with E-state index in [-0.39, 0.29) is 17.8 Å². The molecule has 298 valence electrons. The van der Waals surface area contributed by atoms with E-state index in [1.165, 1.54) is 10.8 Å². The van der Waals surface area contributed by atoms with Crippen LogP contribution in [0.15, 0.2) is 151 Å². The second kappa shape index (κ2) is 15.4. The molecule has 0 bridgehead atoms. The summed E-state index contributed by atoms with van der Waals surface area (Å²) in [7, 11) is 12.2. The third-order valence-corrected chi connectivity index (χ3v) is 11.3. The van der Waals surface area contributed by atoms with Gasteiger partial charge in [-0.3, -0.25) is 0 Å². The van der Waals surface area contributed by atoms with Crippen LogP contribution in [0.25, 0.3) is 66.2 Å². The van der Waals surface area contributed by atoms with Crippen LogP contribution in [-0.4, -0.2) is 61.8 Å². The van der Waals surface area contributed by atoms with Gasteiger partial charge in [-0.15, -0.1) is 0 Å². The number of allylic oxidation sites excluding steroid dienone is 1. The van der Waals surface area contributed by atoms with E-state index in [1.807, 2.05) is 78.9 Å². The molecule has 62 heavy (non-hydrogen) atoms. The Morgan fingerprint density at radius 1 is 0.516 bits per heavy atom. The van der Waals surface area contributed by atoms with Crippen molar-refractivity contribution in [1.82, 2.24) is 4.57 Å². The number of aromatic hydroxyl groups is 7. The number of phenolic OH excluding ortho intramolecular Hbond substituents is 7. The Morgan fingerprint density at radius 2 is 1.03 bits per heavy atom. The third-order valence-electron chi connectivity index (χ3n) is 11.3. The number of nitrogens with two attached hydrogens (primary N) is 1. The Kier molecular flexibility index (Phi) is 9.75. The highest BCUT2D eigenvalue weighted by Gasteiger charge is 2.29. The van der Waals surface area contributed by atoms with Gasteiger partial charge in [-0.2, -0.15) is 0 Å². The maximum absolute atomic E-state index is 11.4. The molecule has 0 saturated heterocycles. The minimum Gasteiger partial charge on any atom is -0.508 e. The number of phenols is 7. The summed E-state index contributed by atoms with van der Waals surface area (Å²) in [6.45, 7) is 0. The van der Waals surface area contributed by atoms with Crippen molar-refractivity contribution in [3.05, 3.63) is 162 Å². The number of fused-ring (bicyclic) bond motifs is 4. The second-order valence-electron chi connectivity index (χ2n) is 14.8. The maximum atomic E-state index is 11.4. The van der Waals surface area contributed by atoms with Crippen molar-refractivity contribution in [3.63, 3.8) is 0 Å². The number of hydrogen-bond donors (Lipinski definition) is 8. The van der Waals surface area contributed by atoms with Crippen LogP contribution in [0.5, 0.6) is 40.2 Å². The minimum absolute atomic E-state index is 0.190. The van der Waals surface area contributed by atoms with Crippen LogP contribution >= 0.6 is 0 Å². The third kappa shape index (κ3) is 6.36. The highest BCUT2D eigenvalue weighted by molar-refractivity contribution is 6.43. The number of nitrogens with zero attached hydrogens (tertiary/aromatic N) is 2. The molecule has 9 aromatic rings. The first-order valence-electron chi connectivity index (χ1n) is 19.5. The van der Waals surface area contributed by atoms with E-state index in [4.69, 9.17) is 26.4 Å². The van der Waals surface area contributed by atoms with Gasteiger partial charge in [0.05, 0.1) is 16.7 Å². The molecule has 1 aromatic heterocycles. The predicted molar refractivity (Wildman–Crippen MR) is 247 cm³/mol. The number of para-hydroxylation sites is 2. The standard InChI is InChI=1S/C50H35B2N3O7/c51-41-39(40-42(52)47(60)49(62)48(61)46(40)59)45(58)44(57)35(43(41)56)24-25-36(54-50(53)27-10-2-1-3-11-27)32-23-22-29(30-12-4-5-13-31(30)32)26-18-20-28(21-19-26)55-37-16-8-6-14-33(37)34-15-7-9-17-38(34)55/h1-23,25,56-62H,24H2,(H2,53,54)/b36-25-. The molecule has 0 amide bonds. The smallest absolute Gasteiger partial charge is 0.204 e. The lowest BCUT2D eigenvalue weighted by Crippen LogP contribution is -2.17. The van der Waals surface area contributed by atoms with Gasteiger partial charge in [0.1, 0.15) is 27.3 Å². The van der Waals surface area contributed by atoms with Crippen molar-refractivity contribution in [1.29, 1.82) is 0 Å². The Labute approximate surface area is 357 Å². The van der Waals surface area contributed by atoms with E-state index in [9.17, 15) is 35.7 Å². The highest BCUT2D eigenvalue weighted by Crippen LogP contribution is 2.50. The quantitative estimate of drug-likeness (QED) is 0.0251. The summed E-state index contributed by atoms with van der Waals surface area (Å²) in [5.74, 6) is -6.63. The molecule has 0 fully saturated rings. The van der Waals surface area contributed by atoms with Gasteiger partial charge in [0, 0.05) is 50.7 Å². The Hall–Kier alpha value is -8.24. The van der Waals surface area contributed by atoms with Crippen LogP contribution in [0.3, 0.4) is 0 Å². The number of aliphatic imine (C=N–C) groups is 1. The largest absolute Gasteiger partial charge is 0.508 e. The first-order chi connectivity index (χ1) is 30.0. The van der Waals surface area contributed by atoms with Gasteiger partial charge in [0.2, 0.25) is 11.5 Å². The first-order valence-corrected chi connectivity index (χ1v) is 19.5. The van der Waals surface area contributed by atoms with Crippen molar-refractivity contribution < 1.29 is 35.7 Å². The van der Waals surface area contributed by atoms with E-state index in [0.29, 0.717) is 16.8 Å². The zero-order valence-electron chi connectivity index (χ0n) is 32.8. The summed E-state index contributed by atoms with van der Waals surface area (Å²) in [5, 5.41) is 79.2. The molecular formula is C50H35B2N3O7. The molecule has 0 spiro atoms. The molecule has 0 unspecified atom stereocenters. The predicted octanol–water partition coefficient (Wildman–Crippen LogP) is 7.79. The maximum Gasteiger partial charge on any atom is 0.204 e. The van der Waals surface area contributed by atoms with Gasteiger partial charge in [-0.05, 0) is 57.1 Å². The van der Waals surface area contributed by atoms with Crippen molar-refractivity contribution in [2.45, 2.75) is 6.42 Å². The average molecular weight is 811 g/mol. The lowest BCUT2D eigenvalue weighted by molar-refractivity contribution is 0.348. The monoisotopic (exact) mass is 811 g/mol. The molecule has 0 aliphatic rings. The molecule has 0 aliphatic heterocycles. The van der Waals surface area contributed by atoms with Gasteiger partial charge >= 0.3 is 0 Å². The molecule has 4 radical (unpaired) electrons.